The summed E-state index contributed by atoms with van der Waals surface area (Å²) in [6, 6.07) is 9.07. The van der Waals surface area contributed by atoms with Crippen LogP contribution in [0, 0.1) is 0 Å². The van der Waals surface area contributed by atoms with Crippen LogP contribution in [0.1, 0.15) is 30.4 Å². The molecule has 0 aliphatic rings. The van der Waals surface area contributed by atoms with Crippen LogP contribution in [0.5, 0.6) is 0 Å². The van der Waals surface area contributed by atoms with Crippen molar-refractivity contribution < 1.29 is 9.63 Å². The molecule has 0 saturated heterocycles. The second kappa shape index (κ2) is 9.40. The van der Waals surface area contributed by atoms with Crippen LogP contribution in [-0.4, -0.2) is 23.6 Å². The fraction of sp³-hybridized carbons (Fsp3) is 0.278. The average molecular weight is 365 g/mol. The third-order valence-electron chi connectivity index (χ3n) is 3.51. The van der Waals surface area contributed by atoms with Gasteiger partial charge in [-0.05, 0) is 30.2 Å². The molecular formula is C18H18Cl2N2O2. The smallest absolute Gasteiger partial charge is 0.133 e. The Morgan fingerprint density at radius 1 is 1.17 bits per heavy atom. The molecule has 2 rings (SSSR count). The Morgan fingerprint density at radius 2 is 2.00 bits per heavy atom. The molecule has 0 amide bonds. The first-order valence-electron chi connectivity index (χ1n) is 7.56. The van der Waals surface area contributed by atoms with E-state index in [2.05, 4.69) is 10.1 Å². The second-order valence-corrected chi connectivity index (χ2v) is 6.06. The minimum atomic E-state index is 0.169. The molecule has 0 saturated carbocycles. The number of pyridine rings is 1. The number of ketones is 1. The van der Waals surface area contributed by atoms with Crippen LogP contribution >= 0.6 is 23.2 Å². The molecule has 6 heteroatoms. The average Bonchev–Trinajstić information content (AvgIpc) is 2.60. The number of benzene rings is 1. The summed E-state index contributed by atoms with van der Waals surface area (Å²) in [4.78, 5) is 21.0. The van der Waals surface area contributed by atoms with Gasteiger partial charge in [-0.15, -0.1) is 0 Å². The number of oxime groups is 1. The summed E-state index contributed by atoms with van der Waals surface area (Å²) in [5, 5.41) is 4.93. The van der Waals surface area contributed by atoms with Gasteiger partial charge in [0.25, 0.3) is 0 Å². The van der Waals surface area contributed by atoms with E-state index >= 15 is 0 Å². The topological polar surface area (TPSA) is 51.5 Å². The zero-order valence-corrected chi connectivity index (χ0v) is 14.8. The van der Waals surface area contributed by atoms with Crippen molar-refractivity contribution in [2.24, 2.45) is 5.16 Å². The normalized spacial score (nSPS) is 11.4. The Morgan fingerprint density at radius 3 is 2.67 bits per heavy atom. The van der Waals surface area contributed by atoms with E-state index in [1.165, 1.54) is 7.11 Å². The highest BCUT2D eigenvalue weighted by Gasteiger charge is 2.11. The molecule has 0 aliphatic heterocycles. The van der Waals surface area contributed by atoms with Gasteiger partial charge in [0.2, 0.25) is 0 Å². The molecule has 0 bridgehead atoms. The number of carbonyl (C=O) groups is 1. The number of carbonyl (C=O) groups excluding carboxylic acids is 1. The molecule has 1 aromatic carbocycles. The van der Waals surface area contributed by atoms with Gasteiger partial charge in [0.1, 0.15) is 12.9 Å². The Balaban J connectivity index is 1.92. The summed E-state index contributed by atoms with van der Waals surface area (Å²) < 4.78 is 0. The summed E-state index contributed by atoms with van der Waals surface area (Å²) in [7, 11) is 1.47. The fourth-order valence-corrected chi connectivity index (χ4v) is 2.54. The van der Waals surface area contributed by atoms with Crippen LogP contribution in [-0.2, 0) is 16.1 Å². The maximum absolute atomic E-state index is 12.1. The van der Waals surface area contributed by atoms with Crippen LogP contribution < -0.4 is 0 Å². The van der Waals surface area contributed by atoms with Crippen LogP contribution in [0.4, 0.5) is 0 Å². The Hall–Kier alpha value is -1.91. The van der Waals surface area contributed by atoms with Crippen molar-refractivity contribution >= 4 is 34.7 Å². The van der Waals surface area contributed by atoms with E-state index in [4.69, 9.17) is 28.0 Å². The zero-order valence-electron chi connectivity index (χ0n) is 13.3. The third kappa shape index (κ3) is 5.62. The molecule has 24 heavy (non-hydrogen) atoms. The summed E-state index contributed by atoms with van der Waals surface area (Å²) in [5.74, 6) is 0.169. The van der Waals surface area contributed by atoms with Gasteiger partial charge in [-0.25, -0.2) is 0 Å². The predicted molar refractivity (Wildman–Crippen MR) is 96.8 cm³/mol. The van der Waals surface area contributed by atoms with Crippen LogP contribution in [0.25, 0.3) is 0 Å². The number of halogens is 2. The van der Waals surface area contributed by atoms with E-state index in [9.17, 15) is 4.79 Å². The second-order valence-electron chi connectivity index (χ2n) is 5.25. The molecule has 0 radical (unpaired) electrons. The highest BCUT2D eigenvalue weighted by molar-refractivity contribution is 6.42. The summed E-state index contributed by atoms with van der Waals surface area (Å²) >= 11 is 12.0. The summed E-state index contributed by atoms with van der Waals surface area (Å²) in [6.07, 6.45) is 5.54. The van der Waals surface area contributed by atoms with Crippen molar-refractivity contribution in [1.82, 2.24) is 4.98 Å². The first-order valence-corrected chi connectivity index (χ1v) is 8.32. The molecule has 0 aliphatic carbocycles. The maximum atomic E-state index is 12.1. The first kappa shape index (κ1) is 18.4. The number of hydrogen-bond donors (Lipinski definition) is 0. The van der Waals surface area contributed by atoms with Crippen molar-refractivity contribution in [1.29, 1.82) is 0 Å². The quantitative estimate of drug-likeness (QED) is 0.502. The van der Waals surface area contributed by atoms with E-state index in [0.717, 1.165) is 11.1 Å². The molecule has 0 unspecified atom stereocenters. The molecule has 2 aromatic rings. The first-order chi connectivity index (χ1) is 11.6. The van der Waals surface area contributed by atoms with Gasteiger partial charge in [-0.2, -0.15) is 0 Å². The number of nitrogens with zero attached hydrogens (tertiary/aromatic N) is 2. The van der Waals surface area contributed by atoms with E-state index in [-0.39, 0.29) is 5.78 Å². The van der Waals surface area contributed by atoms with E-state index in [1.807, 2.05) is 18.2 Å². The molecular weight excluding hydrogens is 347 g/mol. The van der Waals surface area contributed by atoms with E-state index < -0.39 is 0 Å². The monoisotopic (exact) mass is 364 g/mol. The van der Waals surface area contributed by atoms with Gasteiger partial charge in [0.15, 0.2) is 0 Å². The highest BCUT2D eigenvalue weighted by Crippen LogP contribution is 2.24. The van der Waals surface area contributed by atoms with Gasteiger partial charge >= 0.3 is 0 Å². The molecule has 126 valence electrons. The summed E-state index contributed by atoms with van der Waals surface area (Å²) in [5.41, 5.74) is 2.53. The molecule has 0 spiro atoms. The highest BCUT2D eigenvalue weighted by atomic mass is 35.5. The van der Waals surface area contributed by atoms with Crippen molar-refractivity contribution in [2.75, 3.05) is 7.11 Å². The number of aryl methyl sites for hydroxylation is 1. The minimum Gasteiger partial charge on any atom is -0.399 e. The number of hydrogen-bond acceptors (Lipinski definition) is 4. The molecule has 4 nitrogen and oxygen atoms in total. The lowest BCUT2D eigenvalue weighted by atomic mass is 10.0. The Kier molecular flexibility index (Phi) is 7.22. The fourth-order valence-electron chi connectivity index (χ4n) is 2.24. The molecule has 1 heterocycles. The van der Waals surface area contributed by atoms with Crippen LogP contribution in [0.3, 0.4) is 0 Å². The van der Waals surface area contributed by atoms with E-state index in [1.54, 1.807) is 24.5 Å². The SMILES string of the molecule is CO/N=C(\CCC(=O)CCc1cccnc1)c1ccc(Cl)c(Cl)c1. The van der Waals surface area contributed by atoms with Gasteiger partial charge in [0, 0.05) is 37.2 Å². The van der Waals surface area contributed by atoms with Gasteiger partial charge in [0.05, 0.1) is 15.8 Å². The lowest BCUT2D eigenvalue weighted by molar-refractivity contribution is -0.118. The zero-order chi connectivity index (χ0) is 17.4. The van der Waals surface area contributed by atoms with Crippen LogP contribution in [0.2, 0.25) is 10.0 Å². The molecule has 1 aromatic heterocycles. The summed E-state index contributed by atoms with van der Waals surface area (Å²) in [6.45, 7) is 0. The van der Waals surface area contributed by atoms with Gasteiger partial charge in [-0.1, -0.05) is 40.5 Å². The standard InChI is InChI=1S/C18H18Cl2N2O2/c1-24-22-18(14-5-8-16(19)17(20)11-14)9-7-15(23)6-4-13-3-2-10-21-12-13/h2-3,5,8,10-12H,4,6-7,9H2,1H3/b22-18+. The Bertz CT molecular complexity index is 718. The molecule has 0 fully saturated rings. The molecule has 0 atom stereocenters. The number of rotatable bonds is 8. The van der Waals surface area contributed by atoms with Crippen molar-refractivity contribution in [3.8, 4) is 0 Å². The van der Waals surface area contributed by atoms with Crippen molar-refractivity contribution in [2.45, 2.75) is 25.7 Å². The maximum Gasteiger partial charge on any atom is 0.133 e. The van der Waals surface area contributed by atoms with Crippen molar-refractivity contribution in [3.63, 3.8) is 0 Å². The molecule has 0 N–H and O–H groups in total. The lowest BCUT2D eigenvalue weighted by Crippen LogP contribution is -2.07. The lowest BCUT2D eigenvalue weighted by Gasteiger charge is -2.07. The van der Waals surface area contributed by atoms with Crippen LogP contribution in [0.15, 0.2) is 47.9 Å². The Labute approximate surface area is 151 Å². The largest absolute Gasteiger partial charge is 0.399 e. The van der Waals surface area contributed by atoms with E-state index in [0.29, 0.717) is 41.4 Å². The third-order valence-corrected chi connectivity index (χ3v) is 4.25. The number of aromatic nitrogens is 1. The van der Waals surface area contributed by atoms with Crippen molar-refractivity contribution in [3.05, 3.63) is 63.9 Å². The minimum absolute atomic E-state index is 0.169. The number of Topliss-reactive ketones (excluding diaryl/α,β-unsaturated/α-hetero) is 1. The van der Waals surface area contributed by atoms with Gasteiger partial charge in [-0.3, -0.25) is 9.78 Å². The van der Waals surface area contributed by atoms with Gasteiger partial charge < -0.3 is 4.84 Å². The predicted octanol–water partition coefficient (Wildman–Crippen LogP) is 4.72.